The van der Waals surface area contributed by atoms with E-state index < -0.39 is 0 Å². The van der Waals surface area contributed by atoms with Gasteiger partial charge in [0.1, 0.15) is 11.5 Å². The molecular weight excluding hydrogens is 317 g/mol. The van der Waals surface area contributed by atoms with Crippen LogP contribution in [0, 0.1) is 12.7 Å². The second kappa shape index (κ2) is 7.57. The summed E-state index contributed by atoms with van der Waals surface area (Å²) in [6, 6.07) is 17.5. The quantitative estimate of drug-likeness (QED) is 0.735. The van der Waals surface area contributed by atoms with E-state index in [1.165, 1.54) is 12.1 Å². The molecule has 0 radical (unpaired) electrons. The summed E-state index contributed by atoms with van der Waals surface area (Å²) in [6.45, 7) is 2.46. The van der Waals surface area contributed by atoms with Crippen molar-refractivity contribution in [2.45, 2.75) is 13.5 Å². The molecule has 0 aliphatic heterocycles. The van der Waals surface area contributed by atoms with Crippen molar-refractivity contribution >= 4 is 17.3 Å². The molecule has 2 aromatic carbocycles. The van der Waals surface area contributed by atoms with Crippen LogP contribution >= 0.6 is 0 Å². The maximum Gasteiger partial charge on any atom is 0.270 e. The van der Waals surface area contributed by atoms with Crippen molar-refractivity contribution in [3.05, 3.63) is 89.5 Å². The number of aryl methyl sites for hydroxylation is 1. The molecule has 0 bridgehead atoms. The topological polar surface area (TPSA) is 54.0 Å². The van der Waals surface area contributed by atoms with Crippen LogP contribution in [0.15, 0.2) is 66.9 Å². The summed E-state index contributed by atoms with van der Waals surface area (Å²) >= 11 is 0. The largest absolute Gasteiger partial charge is 0.354 e. The van der Waals surface area contributed by atoms with Gasteiger partial charge in [-0.2, -0.15) is 0 Å². The maximum absolute atomic E-state index is 13.2. The van der Waals surface area contributed by atoms with Gasteiger partial charge in [-0.05, 0) is 42.8 Å². The summed E-state index contributed by atoms with van der Waals surface area (Å²) < 4.78 is 13.2. The standard InChI is InChI=1S/C20H18FN3O/c1-14-4-2-5-15(10-14)12-23-20(25)19-9-8-18(13-22-19)24-17-7-3-6-16(21)11-17/h2-11,13,24H,12H2,1H3,(H,23,25). The predicted octanol–water partition coefficient (Wildman–Crippen LogP) is 4.20. The SMILES string of the molecule is Cc1cccc(CNC(=O)c2ccc(Nc3cccc(F)c3)cn2)c1. The van der Waals surface area contributed by atoms with E-state index in [4.69, 9.17) is 0 Å². The van der Waals surface area contributed by atoms with Gasteiger partial charge in [0.2, 0.25) is 0 Å². The van der Waals surface area contributed by atoms with Crippen LogP contribution in [0.3, 0.4) is 0 Å². The van der Waals surface area contributed by atoms with Crippen molar-refractivity contribution in [2.75, 3.05) is 5.32 Å². The number of carbonyl (C=O) groups excluding carboxylic acids is 1. The Bertz CT molecular complexity index is 878. The zero-order chi connectivity index (χ0) is 17.6. The third-order valence-corrected chi connectivity index (χ3v) is 3.64. The minimum Gasteiger partial charge on any atom is -0.354 e. The number of aromatic nitrogens is 1. The molecule has 0 aliphatic rings. The highest BCUT2D eigenvalue weighted by Crippen LogP contribution is 2.16. The van der Waals surface area contributed by atoms with Crippen LogP contribution < -0.4 is 10.6 Å². The van der Waals surface area contributed by atoms with Gasteiger partial charge < -0.3 is 10.6 Å². The number of benzene rings is 2. The molecule has 0 saturated heterocycles. The molecule has 5 heteroatoms. The molecule has 0 fully saturated rings. The Balaban J connectivity index is 1.60. The lowest BCUT2D eigenvalue weighted by Crippen LogP contribution is -2.23. The van der Waals surface area contributed by atoms with Gasteiger partial charge in [-0.15, -0.1) is 0 Å². The van der Waals surface area contributed by atoms with E-state index in [2.05, 4.69) is 15.6 Å². The number of halogens is 1. The zero-order valence-electron chi connectivity index (χ0n) is 13.8. The first-order valence-electron chi connectivity index (χ1n) is 7.92. The van der Waals surface area contributed by atoms with Crippen molar-refractivity contribution < 1.29 is 9.18 Å². The number of hydrogen-bond donors (Lipinski definition) is 2. The van der Waals surface area contributed by atoms with Crippen LogP contribution in [0.5, 0.6) is 0 Å². The molecule has 0 aliphatic carbocycles. The molecule has 0 saturated carbocycles. The van der Waals surface area contributed by atoms with Gasteiger partial charge in [-0.1, -0.05) is 35.9 Å². The molecule has 25 heavy (non-hydrogen) atoms. The lowest BCUT2D eigenvalue weighted by Gasteiger charge is -2.08. The lowest BCUT2D eigenvalue weighted by molar-refractivity contribution is 0.0946. The molecule has 4 nitrogen and oxygen atoms in total. The predicted molar refractivity (Wildman–Crippen MR) is 96.3 cm³/mol. The maximum atomic E-state index is 13.2. The van der Waals surface area contributed by atoms with E-state index in [1.54, 1.807) is 30.5 Å². The molecule has 1 amide bonds. The smallest absolute Gasteiger partial charge is 0.270 e. The van der Waals surface area contributed by atoms with E-state index in [9.17, 15) is 9.18 Å². The van der Waals surface area contributed by atoms with Crippen LogP contribution in [-0.4, -0.2) is 10.9 Å². The Labute approximate surface area is 145 Å². The number of anilines is 2. The van der Waals surface area contributed by atoms with Crippen molar-refractivity contribution in [3.63, 3.8) is 0 Å². The summed E-state index contributed by atoms with van der Waals surface area (Å²) in [7, 11) is 0. The minimum absolute atomic E-state index is 0.237. The highest BCUT2D eigenvalue weighted by atomic mass is 19.1. The normalized spacial score (nSPS) is 10.3. The van der Waals surface area contributed by atoms with Crippen molar-refractivity contribution in [1.82, 2.24) is 10.3 Å². The first-order chi connectivity index (χ1) is 12.1. The zero-order valence-corrected chi connectivity index (χ0v) is 13.8. The van der Waals surface area contributed by atoms with E-state index >= 15 is 0 Å². The van der Waals surface area contributed by atoms with Gasteiger partial charge >= 0.3 is 0 Å². The number of rotatable bonds is 5. The van der Waals surface area contributed by atoms with Crippen LogP contribution in [0.4, 0.5) is 15.8 Å². The molecule has 1 aromatic heterocycles. The number of nitrogens with zero attached hydrogens (tertiary/aromatic N) is 1. The third-order valence-electron chi connectivity index (χ3n) is 3.64. The highest BCUT2D eigenvalue weighted by molar-refractivity contribution is 5.92. The average Bonchev–Trinajstić information content (AvgIpc) is 2.60. The number of hydrogen-bond acceptors (Lipinski definition) is 3. The molecule has 3 rings (SSSR count). The van der Waals surface area contributed by atoms with E-state index in [0.717, 1.165) is 11.1 Å². The number of nitrogens with one attached hydrogen (secondary N) is 2. The van der Waals surface area contributed by atoms with Crippen LogP contribution in [0.25, 0.3) is 0 Å². The summed E-state index contributed by atoms with van der Waals surface area (Å²) in [5.41, 5.74) is 3.83. The van der Waals surface area contributed by atoms with Gasteiger partial charge in [-0.25, -0.2) is 9.37 Å². The van der Waals surface area contributed by atoms with E-state index in [1.807, 2.05) is 31.2 Å². The Morgan fingerprint density at radius 2 is 1.88 bits per heavy atom. The van der Waals surface area contributed by atoms with Gasteiger partial charge in [0.15, 0.2) is 0 Å². The van der Waals surface area contributed by atoms with Crippen molar-refractivity contribution in [3.8, 4) is 0 Å². The fraction of sp³-hybridized carbons (Fsp3) is 0.100. The summed E-state index contributed by atoms with van der Waals surface area (Å²) in [6.07, 6.45) is 1.55. The second-order valence-corrected chi connectivity index (χ2v) is 5.74. The van der Waals surface area contributed by atoms with Gasteiger partial charge in [-0.3, -0.25) is 4.79 Å². The average molecular weight is 335 g/mol. The van der Waals surface area contributed by atoms with E-state index in [-0.39, 0.29) is 11.7 Å². The lowest BCUT2D eigenvalue weighted by atomic mass is 10.1. The Kier molecular flexibility index (Phi) is 5.04. The monoisotopic (exact) mass is 335 g/mol. The Morgan fingerprint density at radius 1 is 1.04 bits per heavy atom. The second-order valence-electron chi connectivity index (χ2n) is 5.74. The third kappa shape index (κ3) is 4.64. The number of amides is 1. The van der Waals surface area contributed by atoms with Crippen LogP contribution in [0.1, 0.15) is 21.6 Å². The summed E-state index contributed by atoms with van der Waals surface area (Å²) in [5, 5.41) is 5.89. The Hall–Kier alpha value is -3.21. The number of carbonyl (C=O) groups is 1. The van der Waals surface area contributed by atoms with Crippen LogP contribution in [0.2, 0.25) is 0 Å². The summed E-state index contributed by atoms with van der Waals surface area (Å²) in [4.78, 5) is 16.3. The van der Waals surface area contributed by atoms with Gasteiger partial charge in [0, 0.05) is 12.2 Å². The molecule has 2 N–H and O–H groups in total. The summed E-state index contributed by atoms with van der Waals surface area (Å²) in [5.74, 6) is -0.552. The molecule has 0 atom stereocenters. The Morgan fingerprint density at radius 3 is 2.60 bits per heavy atom. The fourth-order valence-electron chi connectivity index (χ4n) is 2.43. The van der Waals surface area contributed by atoms with Gasteiger partial charge in [0.25, 0.3) is 5.91 Å². The first-order valence-corrected chi connectivity index (χ1v) is 7.92. The molecule has 0 spiro atoms. The van der Waals surface area contributed by atoms with E-state index in [0.29, 0.717) is 23.6 Å². The van der Waals surface area contributed by atoms with Crippen LogP contribution in [-0.2, 0) is 6.54 Å². The van der Waals surface area contributed by atoms with Gasteiger partial charge in [0.05, 0.1) is 11.9 Å². The molecule has 3 aromatic rings. The van der Waals surface area contributed by atoms with Crippen molar-refractivity contribution in [1.29, 1.82) is 0 Å². The molecule has 1 heterocycles. The number of pyridine rings is 1. The molecule has 0 unspecified atom stereocenters. The minimum atomic E-state index is -0.315. The molecular formula is C20H18FN3O. The molecule has 126 valence electrons. The first kappa shape index (κ1) is 16.6. The fourth-order valence-corrected chi connectivity index (χ4v) is 2.43. The van der Waals surface area contributed by atoms with Crippen molar-refractivity contribution in [2.24, 2.45) is 0 Å². The highest BCUT2D eigenvalue weighted by Gasteiger charge is 2.07.